The highest BCUT2D eigenvalue weighted by molar-refractivity contribution is 6.30. The zero-order valence-corrected chi connectivity index (χ0v) is 18.8. The number of methoxy groups -OCH3 is 2. The molecule has 0 saturated carbocycles. The van der Waals surface area contributed by atoms with Gasteiger partial charge in [0.25, 0.3) is 5.91 Å². The molecule has 0 unspecified atom stereocenters. The lowest BCUT2D eigenvalue weighted by Gasteiger charge is -2.32. The lowest BCUT2D eigenvalue weighted by Crippen LogP contribution is -2.41. The summed E-state index contributed by atoms with van der Waals surface area (Å²) < 4.78 is 10.5. The van der Waals surface area contributed by atoms with E-state index in [1.165, 1.54) is 0 Å². The highest BCUT2D eigenvalue weighted by Crippen LogP contribution is 2.28. The van der Waals surface area contributed by atoms with Gasteiger partial charge in [0.2, 0.25) is 5.91 Å². The van der Waals surface area contributed by atoms with Gasteiger partial charge in [0.05, 0.1) is 14.2 Å². The van der Waals surface area contributed by atoms with Gasteiger partial charge in [-0.25, -0.2) is 0 Å². The number of aryl methyl sites for hydroxylation is 1. The molecule has 166 valence electrons. The predicted octanol–water partition coefficient (Wildman–Crippen LogP) is 3.96. The van der Waals surface area contributed by atoms with E-state index in [1.54, 1.807) is 32.4 Å². The molecule has 2 aromatic rings. The second-order valence-corrected chi connectivity index (χ2v) is 8.17. The Balaban J connectivity index is 1.41. The molecule has 3 rings (SSSR count). The Kier molecular flexibility index (Phi) is 8.18. The molecule has 0 aliphatic carbocycles. The van der Waals surface area contributed by atoms with Crippen LogP contribution in [0.3, 0.4) is 0 Å². The molecule has 1 saturated heterocycles. The Morgan fingerprint density at radius 1 is 1.03 bits per heavy atom. The van der Waals surface area contributed by atoms with E-state index in [1.807, 2.05) is 29.2 Å². The van der Waals surface area contributed by atoms with Gasteiger partial charge in [-0.3, -0.25) is 9.59 Å². The monoisotopic (exact) mass is 444 g/mol. The van der Waals surface area contributed by atoms with Crippen LogP contribution in [0.4, 0.5) is 0 Å². The minimum Gasteiger partial charge on any atom is -0.493 e. The number of carbonyl (C=O) groups excluding carboxylic acids is 2. The number of ether oxygens (including phenoxy) is 2. The van der Waals surface area contributed by atoms with Crippen LogP contribution in [0.15, 0.2) is 42.5 Å². The van der Waals surface area contributed by atoms with Gasteiger partial charge >= 0.3 is 0 Å². The van der Waals surface area contributed by atoms with Crippen LogP contribution in [-0.2, 0) is 11.2 Å². The third-order valence-corrected chi connectivity index (χ3v) is 5.93. The van der Waals surface area contributed by atoms with Crippen LogP contribution in [0, 0.1) is 5.92 Å². The SMILES string of the molecule is COc1ccc(C(=O)N2CCC(CNC(=O)CCc3ccc(Cl)cc3)CC2)cc1OC. The zero-order valence-electron chi connectivity index (χ0n) is 18.0. The number of carbonyl (C=O) groups is 2. The molecule has 31 heavy (non-hydrogen) atoms. The molecular formula is C24H29ClN2O4. The first-order valence-electron chi connectivity index (χ1n) is 10.5. The van der Waals surface area contributed by atoms with Crippen LogP contribution >= 0.6 is 11.6 Å². The minimum atomic E-state index is -0.00796. The molecule has 1 aliphatic heterocycles. The average molecular weight is 445 g/mol. The van der Waals surface area contributed by atoms with Gasteiger partial charge < -0.3 is 19.7 Å². The van der Waals surface area contributed by atoms with Crippen molar-refractivity contribution in [3.05, 3.63) is 58.6 Å². The van der Waals surface area contributed by atoms with Crippen molar-refractivity contribution < 1.29 is 19.1 Å². The molecule has 1 heterocycles. The maximum absolute atomic E-state index is 12.8. The van der Waals surface area contributed by atoms with E-state index in [0.717, 1.165) is 18.4 Å². The molecule has 2 amide bonds. The second kappa shape index (κ2) is 11.0. The van der Waals surface area contributed by atoms with Gasteiger partial charge in [0, 0.05) is 36.6 Å². The van der Waals surface area contributed by atoms with Crippen LogP contribution in [-0.4, -0.2) is 50.6 Å². The molecule has 1 aliphatic rings. The van der Waals surface area contributed by atoms with Crippen molar-refractivity contribution in [2.24, 2.45) is 5.92 Å². The number of nitrogens with zero attached hydrogens (tertiary/aromatic N) is 1. The Morgan fingerprint density at radius 2 is 1.71 bits per heavy atom. The Labute approximate surface area is 188 Å². The number of nitrogens with one attached hydrogen (secondary N) is 1. The van der Waals surface area contributed by atoms with E-state index in [4.69, 9.17) is 21.1 Å². The quantitative estimate of drug-likeness (QED) is 0.669. The minimum absolute atomic E-state index is 0.00796. The zero-order chi connectivity index (χ0) is 22.2. The van der Waals surface area contributed by atoms with E-state index >= 15 is 0 Å². The summed E-state index contributed by atoms with van der Waals surface area (Å²) in [5, 5.41) is 3.74. The Morgan fingerprint density at radius 3 is 2.35 bits per heavy atom. The van der Waals surface area contributed by atoms with Crippen LogP contribution in [0.25, 0.3) is 0 Å². The molecule has 1 N–H and O–H groups in total. The summed E-state index contributed by atoms with van der Waals surface area (Å²) in [7, 11) is 3.13. The summed E-state index contributed by atoms with van der Waals surface area (Å²) in [6.07, 6.45) is 2.90. The summed E-state index contributed by atoms with van der Waals surface area (Å²) >= 11 is 5.89. The van der Waals surface area contributed by atoms with Gasteiger partial charge in [0.15, 0.2) is 11.5 Å². The number of likely N-dealkylation sites (tertiary alicyclic amines) is 1. The van der Waals surface area contributed by atoms with E-state index in [-0.39, 0.29) is 11.8 Å². The van der Waals surface area contributed by atoms with Crippen molar-refractivity contribution in [3.8, 4) is 11.5 Å². The highest BCUT2D eigenvalue weighted by Gasteiger charge is 2.24. The maximum Gasteiger partial charge on any atom is 0.253 e. The number of hydrogen-bond acceptors (Lipinski definition) is 4. The molecule has 0 atom stereocenters. The van der Waals surface area contributed by atoms with Gasteiger partial charge in [-0.05, 0) is 61.1 Å². The van der Waals surface area contributed by atoms with Crippen molar-refractivity contribution in [1.82, 2.24) is 10.2 Å². The van der Waals surface area contributed by atoms with Crippen LogP contribution in [0.5, 0.6) is 11.5 Å². The van der Waals surface area contributed by atoms with E-state index in [0.29, 0.717) is 60.5 Å². The molecule has 0 aromatic heterocycles. The lowest BCUT2D eigenvalue weighted by molar-refractivity contribution is -0.121. The van der Waals surface area contributed by atoms with E-state index in [9.17, 15) is 9.59 Å². The fourth-order valence-electron chi connectivity index (χ4n) is 3.75. The first-order chi connectivity index (χ1) is 15.0. The van der Waals surface area contributed by atoms with Crippen LogP contribution in [0.2, 0.25) is 5.02 Å². The second-order valence-electron chi connectivity index (χ2n) is 7.74. The Hall–Kier alpha value is -2.73. The predicted molar refractivity (Wildman–Crippen MR) is 121 cm³/mol. The number of benzene rings is 2. The average Bonchev–Trinajstić information content (AvgIpc) is 2.81. The van der Waals surface area contributed by atoms with Crippen LogP contribution < -0.4 is 14.8 Å². The summed E-state index contributed by atoms with van der Waals surface area (Å²) in [6.45, 7) is 2.01. The Bertz CT molecular complexity index is 893. The van der Waals surface area contributed by atoms with Crippen molar-refractivity contribution in [1.29, 1.82) is 0 Å². The molecule has 0 bridgehead atoms. The van der Waals surface area contributed by atoms with Gasteiger partial charge in [-0.15, -0.1) is 0 Å². The normalized spacial score (nSPS) is 14.2. The molecule has 6 nitrogen and oxygen atoms in total. The first kappa shape index (κ1) is 22.9. The standard InChI is InChI=1S/C24H29ClN2O4/c1-30-21-9-6-19(15-22(21)31-2)24(29)27-13-11-18(12-14-27)16-26-23(28)10-5-17-3-7-20(25)8-4-17/h3-4,6-9,15,18H,5,10-14,16H2,1-2H3,(H,26,28). The summed E-state index contributed by atoms with van der Waals surface area (Å²) in [5.74, 6) is 1.58. The lowest BCUT2D eigenvalue weighted by atomic mass is 9.96. The number of halogens is 1. The van der Waals surface area contributed by atoms with Crippen molar-refractivity contribution in [3.63, 3.8) is 0 Å². The maximum atomic E-state index is 12.8. The highest BCUT2D eigenvalue weighted by atomic mass is 35.5. The van der Waals surface area contributed by atoms with Crippen molar-refractivity contribution in [2.75, 3.05) is 33.9 Å². The summed E-state index contributed by atoms with van der Waals surface area (Å²) in [4.78, 5) is 26.9. The smallest absolute Gasteiger partial charge is 0.253 e. The fourth-order valence-corrected chi connectivity index (χ4v) is 3.87. The molecule has 1 fully saturated rings. The largest absolute Gasteiger partial charge is 0.493 e. The van der Waals surface area contributed by atoms with Gasteiger partial charge in [-0.1, -0.05) is 23.7 Å². The van der Waals surface area contributed by atoms with E-state index < -0.39 is 0 Å². The third kappa shape index (κ3) is 6.37. The molecular weight excluding hydrogens is 416 g/mol. The number of rotatable bonds is 8. The van der Waals surface area contributed by atoms with Gasteiger partial charge in [-0.2, -0.15) is 0 Å². The molecule has 0 radical (unpaired) electrons. The first-order valence-corrected chi connectivity index (χ1v) is 10.9. The number of hydrogen-bond donors (Lipinski definition) is 1. The third-order valence-electron chi connectivity index (χ3n) is 5.67. The summed E-state index contributed by atoms with van der Waals surface area (Å²) in [5.41, 5.74) is 1.69. The molecule has 7 heteroatoms. The summed E-state index contributed by atoms with van der Waals surface area (Å²) in [6, 6.07) is 12.8. The van der Waals surface area contributed by atoms with Gasteiger partial charge in [0.1, 0.15) is 0 Å². The van der Waals surface area contributed by atoms with E-state index in [2.05, 4.69) is 5.32 Å². The van der Waals surface area contributed by atoms with Crippen molar-refractivity contribution >= 4 is 23.4 Å². The number of piperidine rings is 1. The van der Waals surface area contributed by atoms with Crippen molar-refractivity contribution in [2.45, 2.75) is 25.7 Å². The van der Waals surface area contributed by atoms with Crippen LogP contribution in [0.1, 0.15) is 35.2 Å². The fraction of sp³-hybridized carbons (Fsp3) is 0.417. The molecule has 0 spiro atoms. The molecule has 2 aromatic carbocycles. The number of amides is 2. The topological polar surface area (TPSA) is 67.9 Å².